The molecule has 34 heavy (non-hydrogen) atoms. The van der Waals surface area contributed by atoms with Gasteiger partial charge >= 0.3 is 0 Å². The highest BCUT2D eigenvalue weighted by molar-refractivity contribution is 6.53. The van der Waals surface area contributed by atoms with Crippen LogP contribution in [0.25, 0.3) is 0 Å². The smallest absolute Gasteiger partial charge is 0.283 e. The van der Waals surface area contributed by atoms with Crippen LogP contribution in [0.3, 0.4) is 0 Å². The van der Waals surface area contributed by atoms with E-state index in [0.29, 0.717) is 23.5 Å². The SMILES string of the molecule is CCN(C(=O)c1cccc(NC2=C(Cl)C(=O)N(c3cc(C)cc(C)c3)C2=O)c1)c1ccccc1. The summed E-state index contributed by atoms with van der Waals surface area (Å²) in [4.78, 5) is 41.9. The highest BCUT2D eigenvalue weighted by Gasteiger charge is 2.39. The predicted octanol–water partition coefficient (Wildman–Crippen LogP) is 5.41. The second-order valence-electron chi connectivity index (χ2n) is 8.07. The van der Waals surface area contributed by atoms with Gasteiger partial charge in [-0.25, -0.2) is 4.90 Å². The largest absolute Gasteiger partial charge is 0.350 e. The summed E-state index contributed by atoms with van der Waals surface area (Å²) in [5.74, 6) is -1.31. The molecule has 0 aliphatic carbocycles. The molecular formula is C27H24ClN3O3. The van der Waals surface area contributed by atoms with Gasteiger partial charge in [0.05, 0.1) is 5.69 Å². The van der Waals surface area contributed by atoms with Gasteiger partial charge in [0, 0.05) is 23.5 Å². The fourth-order valence-electron chi connectivity index (χ4n) is 4.01. The molecule has 0 radical (unpaired) electrons. The molecule has 1 aliphatic rings. The average molecular weight is 474 g/mol. The lowest BCUT2D eigenvalue weighted by atomic mass is 10.1. The minimum Gasteiger partial charge on any atom is -0.350 e. The number of amides is 3. The summed E-state index contributed by atoms with van der Waals surface area (Å²) in [6, 6.07) is 21.7. The number of carbonyl (C=O) groups excluding carboxylic acids is 3. The Kier molecular flexibility index (Phi) is 6.52. The second-order valence-corrected chi connectivity index (χ2v) is 8.45. The Bertz CT molecular complexity index is 1300. The van der Waals surface area contributed by atoms with Gasteiger partial charge in [0.15, 0.2) is 0 Å². The topological polar surface area (TPSA) is 69.7 Å². The molecule has 3 amide bonds. The lowest BCUT2D eigenvalue weighted by Crippen LogP contribution is -2.32. The van der Waals surface area contributed by atoms with Gasteiger partial charge < -0.3 is 10.2 Å². The third-order valence-electron chi connectivity index (χ3n) is 5.50. The van der Waals surface area contributed by atoms with Gasteiger partial charge in [-0.1, -0.05) is 41.9 Å². The van der Waals surface area contributed by atoms with Crippen LogP contribution in [0.4, 0.5) is 17.1 Å². The van der Waals surface area contributed by atoms with Crippen LogP contribution in [0.1, 0.15) is 28.4 Å². The van der Waals surface area contributed by atoms with Crippen molar-refractivity contribution in [3.8, 4) is 0 Å². The zero-order chi connectivity index (χ0) is 24.4. The summed E-state index contributed by atoms with van der Waals surface area (Å²) in [7, 11) is 0. The Morgan fingerprint density at radius 1 is 0.912 bits per heavy atom. The number of hydrogen-bond acceptors (Lipinski definition) is 4. The van der Waals surface area contributed by atoms with Crippen LogP contribution < -0.4 is 15.1 Å². The first kappa shape index (κ1) is 23.3. The van der Waals surface area contributed by atoms with Gasteiger partial charge in [-0.3, -0.25) is 14.4 Å². The first-order valence-corrected chi connectivity index (χ1v) is 11.3. The zero-order valence-electron chi connectivity index (χ0n) is 19.1. The first-order chi connectivity index (χ1) is 16.3. The van der Waals surface area contributed by atoms with Crippen LogP contribution in [0.5, 0.6) is 0 Å². The summed E-state index contributed by atoms with van der Waals surface area (Å²) in [5, 5.41) is 2.76. The maximum absolute atomic E-state index is 13.2. The summed E-state index contributed by atoms with van der Waals surface area (Å²) < 4.78 is 0. The molecule has 1 N–H and O–H groups in total. The molecule has 3 aromatic rings. The molecule has 1 aliphatic heterocycles. The van der Waals surface area contributed by atoms with Gasteiger partial charge in [-0.05, 0) is 74.4 Å². The molecule has 0 saturated heterocycles. The second kappa shape index (κ2) is 9.53. The third kappa shape index (κ3) is 4.45. The van der Waals surface area contributed by atoms with Crippen LogP contribution >= 0.6 is 11.6 Å². The van der Waals surface area contributed by atoms with E-state index >= 15 is 0 Å². The number of hydrogen-bond donors (Lipinski definition) is 1. The number of carbonyl (C=O) groups is 3. The van der Waals surface area contributed by atoms with Gasteiger partial charge in [0.25, 0.3) is 17.7 Å². The number of anilines is 3. The van der Waals surface area contributed by atoms with Crippen LogP contribution in [0, 0.1) is 13.8 Å². The van der Waals surface area contributed by atoms with E-state index in [9.17, 15) is 14.4 Å². The van der Waals surface area contributed by atoms with Crippen molar-refractivity contribution in [3.63, 3.8) is 0 Å². The normalized spacial score (nSPS) is 13.5. The number of para-hydroxylation sites is 1. The molecule has 172 valence electrons. The Hall–Kier alpha value is -3.90. The quantitative estimate of drug-likeness (QED) is 0.486. The molecule has 1 heterocycles. The molecule has 0 atom stereocenters. The van der Waals surface area contributed by atoms with Gasteiger partial charge in [0.1, 0.15) is 10.7 Å². The minimum atomic E-state index is -0.590. The number of rotatable bonds is 6. The van der Waals surface area contributed by atoms with Gasteiger partial charge in [0.2, 0.25) is 0 Å². The summed E-state index contributed by atoms with van der Waals surface area (Å²) in [5.41, 5.74) is 4.01. The predicted molar refractivity (Wildman–Crippen MR) is 135 cm³/mol. The van der Waals surface area contributed by atoms with Gasteiger partial charge in [-0.2, -0.15) is 0 Å². The molecule has 0 spiro atoms. The van der Waals surface area contributed by atoms with Crippen LogP contribution in [-0.4, -0.2) is 24.3 Å². The van der Waals surface area contributed by atoms with Crippen LogP contribution in [0.2, 0.25) is 0 Å². The van der Waals surface area contributed by atoms with E-state index < -0.39 is 11.8 Å². The third-order valence-corrected chi connectivity index (χ3v) is 5.85. The first-order valence-electron chi connectivity index (χ1n) is 10.9. The van der Waals surface area contributed by atoms with Gasteiger partial charge in [-0.15, -0.1) is 0 Å². The number of nitrogens with one attached hydrogen (secondary N) is 1. The Labute approximate surface area is 203 Å². The van der Waals surface area contributed by atoms with E-state index in [4.69, 9.17) is 11.6 Å². The standard InChI is InChI=1S/C27H24ClN3O3/c1-4-30(21-11-6-5-7-12-21)25(32)19-9-8-10-20(16-19)29-24-23(28)26(33)31(27(24)34)22-14-17(2)13-18(3)15-22/h5-16,29H,4H2,1-3H3. The van der Waals surface area contributed by atoms with Crippen molar-refractivity contribution in [2.24, 2.45) is 0 Å². The zero-order valence-corrected chi connectivity index (χ0v) is 19.9. The Morgan fingerprint density at radius 3 is 2.24 bits per heavy atom. The van der Waals surface area contributed by atoms with Crippen molar-refractivity contribution in [3.05, 3.63) is 100 Å². The number of nitrogens with zero attached hydrogens (tertiary/aromatic N) is 2. The van der Waals surface area contributed by atoms with E-state index in [0.717, 1.165) is 21.7 Å². The van der Waals surface area contributed by atoms with Crippen molar-refractivity contribution in [1.29, 1.82) is 0 Å². The highest BCUT2D eigenvalue weighted by Crippen LogP contribution is 2.31. The fraction of sp³-hybridized carbons (Fsp3) is 0.148. The van der Waals surface area contributed by atoms with E-state index in [1.165, 1.54) is 0 Å². The van der Waals surface area contributed by atoms with E-state index in [1.54, 1.807) is 41.3 Å². The van der Waals surface area contributed by atoms with Crippen molar-refractivity contribution in [2.75, 3.05) is 21.7 Å². The summed E-state index contributed by atoms with van der Waals surface area (Å²) in [6.07, 6.45) is 0. The maximum atomic E-state index is 13.2. The number of imide groups is 1. The molecule has 0 bridgehead atoms. The molecule has 0 saturated carbocycles. The molecule has 3 aromatic carbocycles. The molecule has 7 heteroatoms. The number of benzene rings is 3. The number of halogens is 1. The fourth-order valence-corrected chi connectivity index (χ4v) is 4.22. The molecule has 6 nitrogen and oxygen atoms in total. The molecular weight excluding hydrogens is 450 g/mol. The molecule has 0 fully saturated rings. The van der Waals surface area contributed by atoms with E-state index in [1.807, 2.05) is 57.2 Å². The van der Waals surface area contributed by atoms with Crippen molar-refractivity contribution < 1.29 is 14.4 Å². The van der Waals surface area contributed by atoms with Crippen molar-refractivity contribution in [2.45, 2.75) is 20.8 Å². The molecule has 0 aromatic heterocycles. The summed E-state index contributed by atoms with van der Waals surface area (Å²) >= 11 is 6.28. The molecule has 4 rings (SSSR count). The highest BCUT2D eigenvalue weighted by atomic mass is 35.5. The van der Waals surface area contributed by atoms with Crippen molar-refractivity contribution >= 4 is 46.4 Å². The van der Waals surface area contributed by atoms with Crippen molar-refractivity contribution in [1.82, 2.24) is 0 Å². The van der Waals surface area contributed by atoms with Crippen LogP contribution in [0.15, 0.2) is 83.5 Å². The average Bonchev–Trinajstić information content (AvgIpc) is 3.03. The van der Waals surface area contributed by atoms with Crippen LogP contribution in [-0.2, 0) is 9.59 Å². The lowest BCUT2D eigenvalue weighted by Gasteiger charge is -2.21. The Morgan fingerprint density at radius 2 is 1.59 bits per heavy atom. The van der Waals surface area contributed by atoms with E-state index in [2.05, 4.69) is 5.32 Å². The Balaban J connectivity index is 1.60. The van der Waals surface area contributed by atoms with E-state index in [-0.39, 0.29) is 16.6 Å². The summed E-state index contributed by atoms with van der Waals surface area (Å²) in [6.45, 7) is 6.19. The monoisotopic (exact) mass is 473 g/mol. The lowest BCUT2D eigenvalue weighted by molar-refractivity contribution is -0.120. The minimum absolute atomic E-state index is 0.0224. The maximum Gasteiger partial charge on any atom is 0.283 e. The number of aryl methyl sites for hydroxylation is 2. The molecule has 0 unspecified atom stereocenters.